The van der Waals surface area contributed by atoms with Gasteiger partial charge in [0.05, 0.1) is 43.2 Å². The lowest BCUT2D eigenvalue weighted by molar-refractivity contribution is -0.311. The topological polar surface area (TPSA) is 77.5 Å². The summed E-state index contributed by atoms with van der Waals surface area (Å²) in [5.74, 6) is -3.83. The van der Waals surface area contributed by atoms with Crippen LogP contribution >= 0.6 is 46.4 Å². The lowest BCUT2D eigenvalue weighted by atomic mass is 9.98. The predicted octanol–water partition coefficient (Wildman–Crippen LogP) is 3.06. The van der Waals surface area contributed by atoms with E-state index in [2.05, 4.69) is 0 Å². The summed E-state index contributed by atoms with van der Waals surface area (Å²) in [5.41, 5.74) is -0.490. The smallest absolute Gasteiger partial charge is 0.263 e. The normalized spacial score (nSPS) is 16.5. The predicted molar refractivity (Wildman–Crippen MR) is 85.2 cm³/mol. The molecule has 0 fully saturated rings. The van der Waals surface area contributed by atoms with Crippen LogP contribution in [0.5, 0.6) is 0 Å². The number of amides is 2. The van der Waals surface area contributed by atoms with Crippen molar-refractivity contribution in [3.05, 3.63) is 31.2 Å². The third-order valence-corrected chi connectivity index (χ3v) is 5.64. The number of fused-ring (bicyclic) bond motifs is 1. The summed E-state index contributed by atoms with van der Waals surface area (Å²) in [6.45, 7) is 3.32. The minimum absolute atomic E-state index is 0.173. The van der Waals surface area contributed by atoms with Crippen LogP contribution < -0.4 is 5.11 Å². The lowest BCUT2D eigenvalue weighted by Gasteiger charge is -2.31. The average Bonchev–Trinajstić information content (AvgIpc) is 2.75. The summed E-state index contributed by atoms with van der Waals surface area (Å²) in [4.78, 5) is 37.2. The van der Waals surface area contributed by atoms with Gasteiger partial charge >= 0.3 is 0 Å². The number of hydrogen-bond acceptors (Lipinski definition) is 4. The van der Waals surface area contributed by atoms with E-state index in [9.17, 15) is 19.5 Å². The Kier molecular flexibility index (Phi) is 5.16. The maximum absolute atomic E-state index is 12.6. The van der Waals surface area contributed by atoms with Crippen LogP contribution in [-0.2, 0) is 4.79 Å². The molecule has 23 heavy (non-hydrogen) atoms. The molecule has 9 heteroatoms. The number of rotatable bonds is 4. The van der Waals surface area contributed by atoms with Crippen molar-refractivity contribution in [3.63, 3.8) is 0 Å². The molecule has 124 valence electrons. The second-order valence-corrected chi connectivity index (χ2v) is 6.65. The molecular formula is C14H10Cl4NO4-. The number of halogens is 4. The number of hydrogen-bond donors (Lipinski definition) is 0. The van der Waals surface area contributed by atoms with Gasteiger partial charge in [-0.3, -0.25) is 14.5 Å². The molecule has 0 bridgehead atoms. The van der Waals surface area contributed by atoms with Crippen molar-refractivity contribution in [1.82, 2.24) is 4.90 Å². The zero-order valence-electron chi connectivity index (χ0n) is 12.0. The molecule has 0 aromatic heterocycles. The SMILES string of the molecule is CC[C@H](C)[C@@H](C(=O)[O-])N1C(=O)c2c(Cl)c(Cl)c(Cl)c(Cl)c2C1=O. The molecule has 1 aliphatic rings. The molecule has 1 aromatic rings. The Balaban J connectivity index is 2.69. The second-order valence-electron chi connectivity index (χ2n) is 5.14. The van der Waals surface area contributed by atoms with Crippen LogP contribution in [0.15, 0.2) is 0 Å². The summed E-state index contributed by atoms with van der Waals surface area (Å²) in [7, 11) is 0. The molecular weight excluding hydrogens is 388 g/mol. The van der Waals surface area contributed by atoms with Crippen molar-refractivity contribution in [2.75, 3.05) is 0 Å². The van der Waals surface area contributed by atoms with E-state index in [1.807, 2.05) is 0 Å². The first-order chi connectivity index (χ1) is 10.6. The molecule has 5 nitrogen and oxygen atoms in total. The Morgan fingerprint density at radius 1 is 1.00 bits per heavy atom. The first-order valence-electron chi connectivity index (χ1n) is 6.59. The zero-order valence-corrected chi connectivity index (χ0v) is 15.0. The highest BCUT2D eigenvalue weighted by Crippen LogP contribution is 2.45. The van der Waals surface area contributed by atoms with Crippen LogP contribution in [-0.4, -0.2) is 28.7 Å². The van der Waals surface area contributed by atoms with Gasteiger partial charge in [-0.15, -0.1) is 0 Å². The highest BCUT2D eigenvalue weighted by Gasteiger charge is 2.46. The van der Waals surface area contributed by atoms with Gasteiger partial charge < -0.3 is 9.90 Å². The van der Waals surface area contributed by atoms with Crippen molar-refractivity contribution >= 4 is 64.2 Å². The Hall–Kier alpha value is -1.01. The molecule has 0 radical (unpaired) electrons. The number of aliphatic carboxylic acids is 1. The van der Waals surface area contributed by atoms with Crippen molar-refractivity contribution < 1.29 is 19.5 Å². The van der Waals surface area contributed by atoms with Gasteiger partial charge in [0.2, 0.25) is 0 Å². The van der Waals surface area contributed by atoms with Gasteiger partial charge in [0, 0.05) is 0 Å². The second kappa shape index (κ2) is 6.48. The van der Waals surface area contributed by atoms with Gasteiger partial charge in [0.1, 0.15) is 0 Å². The molecule has 0 unspecified atom stereocenters. The van der Waals surface area contributed by atoms with E-state index >= 15 is 0 Å². The number of carboxylic acids is 1. The standard InChI is InChI=1S/C14H11Cl4NO4/c1-3-4(2)11(14(22)23)19-12(20)5-6(13(19)21)8(16)10(18)9(17)7(5)15/h4,11H,3H2,1-2H3,(H,22,23)/p-1/t4-,11-/m0/s1. The van der Waals surface area contributed by atoms with Crippen LogP contribution in [0.4, 0.5) is 0 Å². The summed E-state index contributed by atoms with van der Waals surface area (Å²) in [5, 5.41) is 10.6. The third kappa shape index (κ3) is 2.70. The quantitative estimate of drug-likeness (QED) is 0.444. The Labute approximate surface area is 152 Å². The van der Waals surface area contributed by atoms with E-state index < -0.39 is 29.7 Å². The van der Waals surface area contributed by atoms with Crippen molar-refractivity contribution in [2.24, 2.45) is 5.92 Å². The highest BCUT2D eigenvalue weighted by atomic mass is 35.5. The van der Waals surface area contributed by atoms with Crippen LogP contribution in [0, 0.1) is 5.92 Å². The van der Waals surface area contributed by atoms with Gasteiger partial charge in [-0.05, 0) is 5.92 Å². The Morgan fingerprint density at radius 2 is 1.39 bits per heavy atom. The van der Waals surface area contributed by atoms with Crippen LogP contribution in [0.25, 0.3) is 0 Å². The number of carbonyl (C=O) groups excluding carboxylic acids is 3. The molecule has 1 heterocycles. The van der Waals surface area contributed by atoms with E-state index in [0.29, 0.717) is 11.3 Å². The number of benzene rings is 1. The van der Waals surface area contributed by atoms with Crippen LogP contribution in [0.3, 0.4) is 0 Å². The number of carboxylic acid groups (broad SMARTS) is 1. The van der Waals surface area contributed by atoms with E-state index in [0.717, 1.165) is 0 Å². The first kappa shape index (κ1) is 18.3. The molecule has 1 aromatic carbocycles. The molecule has 2 atom stereocenters. The largest absolute Gasteiger partial charge is 0.548 e. The zero-order chi connectivity index (χ0) is 17.6. The molecule has 0 aliphatic carbocycles. The number of nitrogens with zero attached hydrogens (tertiary/aromatic N) is 1. The van der Waals surface area contributed by atoms with Crippen molar-refractivity contribution in [3.8, 4) is 0 Å². The minimum atomic E-state index is -1.54. The maximum Gasteiger partial charge on any atom is 0.263 e. The van der Waals surface area contributed by atoms with Crippen LogP contribution in [0.2, 0.25) is 20.1 Å². The van der Waals surface area contributed by atoms with E-state index in [4.69, 9.17) is 46.4 Å². The maximum atomic E-state index is 12.6. The molecule has 0 saturated heterocycles. The van der Waals surface area contributed by atoms with E-state index in [1.165, 1.54) is 0 Å². The first-order valence-corrected chi connectivity index (χ1v) is 8.10. The summed E-state index contributed by atoms with van der Waals surface area (Å²) in [6.07, 6.45) is 0.412. The Bertz CT molecular complexity index is 687. The van der Waals surface area contributed by atoms with Gasteiger partial charge in [-0.1, -0.05) is 66.7 Å². The average molecular weight is 398 g/mol. The summed E-state index contributed by atoms with van der Waals surface area (Å²) >= 11 is 23.8. The highest BCUT2D eigenvalue weighted by molar-refractivity contribution is 6.55. The molecule has 2 amide bonds. The number of carbonyl (C=O) groups is 3. The summed E-state index contributed by atoms with van der Waals surface area (Å²) < 4.78 is 0. The molecule has 0 saturated carbocycles. The van der Waals surface area contributed by atoms with Crippen molar-refractivity contribution in [1.29, 1.82) is 0 Å². The van der Waals surface area contributed by atoms with Gasteiger partial charge in [-0.25, -0.2) is 0 Å². The monoisotopic (exact) mass is 396 g/mol. The summed E-state index contributed by atoms with van der Waals surface area (Å²) in [6, 6.07) is -1.45. The van der Waals surface area contributed by atoms with Gasteiger partial charge in [0.25, 0.3) is 11.8 Å². The van der Waals surface area contributed by atoms with E-state index in [-0.39, 0.29) is 31.2 Å². The lowest BCUT2D eigenvalue weighted by Crippen LogP contribution is -2.53. The fourth-order valence-electron chi connectivity index (χ4n) is 2.43. The third-order valence-electron chi connectivity index (χ3n) is 3.84. The molecule has 0 N–H and O–H groups in total. The molecule has 0 spiro atoms. The minimum Gasteiger partial charge on any atom is -0.548 e. The number of imide groups is 1. The Morgan fingerprint density at radius 3 is 1.70 bits per heavy atom. The van der Waals surface area contributed by atoms with Gasteiger partial charge in [0.15, 0.2) is 0 Å². The molecule has 2 rings (SSSR count). The van der Waals surface area contributed by atoms with Crippen molar-refractivity contribution in [2.45, 2.75) is 26.3 Å². The molecule has 1 aliphatic heterocycles. The van der Waals surface area contributed by atoms with Gasteiger partial charge in [-0.2, -0.15) is 0 Å². The fourth-order valence-corrected chi connectivity index (χ4v) is 3.45. The van der Waals surface area contributed by atoms with Crippen LogP contribution in [0.1, 0.15) is 41.0 Å². The van der Waals surface area contributed by atoms with E-state index in [1.54, 1.807) is 13.8 Å². The fraction of sp³-hybridized carbons (Fsp3) is 0.357.